The first-order valence-electron chi connectivity index (χ1n) is 8.11. The van der Waals surface area contributed by atoms with Crippen LogP contribution in [0.4, 0.5) is 0 Å². The van der Waals surface area contributed by atoms with Gasteiger partial charge in [0.1, 0.15) is 0 Å². The molecular formula is C18H25N3O. The van der Waals surface area contributed by atoms with Crippen molar-refractivity contribution in [1.29, 1.82) is 0 Å². The molecule has 1 amide bonds. The zero-order valence-electron chi connectivity index (χ0n) is 13.5. The first kappa shape index (κ1) is 16.3. The zero-order chi connectivity index (χ0) is 15.8. The Morgan fingerprint density at radius 2 is 2.00 bits per heavy atom. The zero-order valence-corrected chi connectivity index (χ0v) is 13.5. The maximum Gasteiger partial charge on any atom is 0.251 e. The van der Waals surface area contributed by atoms with E-state index in [2.05, 4.69) is 40.8 Å². The Kier molecular flexibility index (Phi) is 6.19. The van der Waals surface area contributed by atoms with Gasteiger partial charge in [-0.15, -0.1) is 0 Å². The van der Waals surface area contributed by atoms with E-state index in [4.69, 9.17) is 0 Å². The molecule has 0 aliphatic rings. The number of hydrogen-bond donors (Lipinski definition) is 1. The van der Waals surface area contributed by atoms with Gasteiger partial charge >= 0.3 is 0 Å². The quantitative estimate of drug-likeness (QED) is 0.754. The molecule has 1 heterocycles. The van der Waals surface area contributed by atoms with Gasteiger partial charge in [0.15, 0.2) is 0 Å². The lowest BCUT2D eigenvalue weighted by Gasteiger charge is -2.18. The summed E-state index contributed by atoms with van der Waals surface area (Å²) in [5, 5.41) is 2.95. The molecule has 4 heteroatoms. The van der Waals surface area contributed by atoms with Crippen molar-refractivity contribution in [1.82, 2.24) is 14.9 Å². The average Bonchev–Trinajstić information content (AvgIpc) is 3.07. The van der Waals surface area contributed by atoms with Gasteiger partial charge in [-0.05, 0) is 30.5 Å². The van der Waals surface area contributed by atoms with Crippen LogP contribution in [0.15, 0.2) is 43.0 Å². The number of nitrogens with zero attached hydrogens (tertiary/aromatic N) is 2. The van der Waals surface area contributed by atoms with E-state index in [1.807, 2.05) is 24.7 Å². The third-order valence-corrected chi connectivity index (χ3v) is 3.82. The molecule has 118 valence electrons. The van der Waals surface area contributed by atoms with Crippen LogP contribution in [0, 0.1) is 0 Å². The molecule has 0 aliphatic carbocycles. The number of rotatable bonds is 8. The number of benzene rings is 1. The number of imidazole rings is 1. The van der Waals surface area contributed by atoms with Crippen molar-refractivity contribution in [2.45, 2.75) is 45.6 Å². The Bertz CT molecular complexity index is 561. The Labute approximate surface area is 132 Å². The lowest BCUT2D eigenvalue weighted by Crippen LogP contribution is -2.24. The summed E-state index contributed by atoms with van der Waals surface area (Å²) in [5.41, 5.74) is 1.94. The molecule has 0 saturated carbocycles. The molecule has 2 aromatic rings. The van der Waals surface area contributed by atoms with Gasteiger partial charge in [0.25, 0.3) is 5.91 Å². The van der Waals surface area contributed by atoms with Crippen LogP contribution < -0.4 is 5.32 Å². The van der Waals surface area contributed by atoms with Crippen molar-refractivity contribution in [3.8, 4) is 0 Å². The van der Waals surface area contributed by atoms with Crippen molar-refractivity contribution < 1.29 is 4.79 Å². The lowest BCUT2D eigenvalue weighted by atomic mass is 10.0. The minimum Gasteiger partial charge on any atom is -0.352 e. The molecule has 1 unspecified atom stereocenters. The number of hydrogen-bond acceptors (Lipinski definition) is 2. The maximum absolute atomic E-state index is 12.0. The molecule has 1 aromatic heterocycles. The molecule has 0 bridgehead atoms. The molecular weight excluding hydrogens is 274 g/mol. The highest BCUT2D eigenvalue weighted by atomic mass is 16.1. The van der Waals surface area contributed by atoms with Gasteiger partial charge < -0.3 is 9.88 Å². The Morgan fingerprint density at radius 3 is 2.59 bits per heavy atom. The lowest BCUT2D eigenvalue weighted by molar-refractivity contribution is 0.0953. The molecule has 1 atom stereocenters. The number of carbonyl (C=O) groups is 1. The Morgan fingerprint density at radius 1 is 1.23 bits per heavy atom. The largest absolute Gasteiger partial charge is 0.352 e. The highest BCUT2D eigenvalue weighted by molar-refractivity contribution is 5.94. The van der Waals surface area contributed by atoms with E-state index in [1.165, 1.54) is 5.56 Å². The standard InChI is InChI=1S/C18H25N3O/c1-3-5-11-20-18(22)16-9-7-15(8-10-16)17(6-4-2)21-13-12-19-14-21/h7-10,12-14,17H,3-6,11H2,1-2H3,(H,20,22). The van der Waals surface area contributed by atoms with E-state index in [0.29, 0.717) is 0 Å². The fourth-order valence-electron chi connectivity index (χ4n) is 2.55. The van der Waals surface area contributed by atoms with E-state index in [-0.39, 0.29) is 11.9 Å². The van der Waals surface area contributed by atoms with Crippen LogP contribution in [0.2, 0.25) is 0 Å². The average molecular weight is 299 g/mol. The van der Waals surface area contributed by atoms with Gasteiger partial charge in [-0.1, -0.05) is 38.8 Å². The second-order valence-corrected chi connectivity index (χ2v) is 5.55. The second kappa shape index (κ2) is 8.37. The molecule has 2 rings (SSSR count). The van der Waals surface area contributed by atoms with Gasteiger partial charge in [-0.3, -0.25) is 4.79 Å². The molecule has 1 aromatic carbocycles. The number of carbonyl (C=O) groups excluding carboxylic acids is 1. The third-order valence-electron chi connectivity index (χ3n) is 3.82. The van der Waals surface area contributed by atoms with Gasteiger partial charge in [-0.2, -0.15) is 0 Å². The summed E-state index contributed by atoms with van der Waals surface area (Å²) in [7, 11) is 0. The fourth-order valence-corrected chi connectivity index (χ4v) is 2.55. The fraction of sp³-hybridized carbons (Fsp3) is 0.444. The molecule has 0 spiro atoms. The number of aromatic nitrogens is 2. The number of nitrogens with one attached hydrogen (secondary N) is 1. The summed E-state index contributed by atoms with van der Waals surface area (Å²) in [6, 6.07) is 8.21. The minimum absolute atomic E-state index is 0.00896. The minimum atomic E-state index is 0.00896. The SMILES string of the molecule is CCCCNC(=O)c1ccc(C(CCC)n2ccnc2)cc1. The maximum atomic E-state index is 12.0. The molecule has 0 saturated heterocycles. The second-order valence-electron chi connectivity index (χ2n) is 5.55. The van der Waals surface area contributed by atoms with Crippen LogP contribution >= 0.6 is 0 Å². The summed E-state index contributed by atoms with van der Waals surface area (Å²) >= 11 is 0. The van der Waals surface area contributed by atoms with Crippen LogP contribution in [0.5, 0.6) is 0 Å². The monoisotopic (exact) mass is 299 g/mol. The first-order valence-corrected chi connectivity index (χ1v) is 8.11. The van der Waals surface area contributed by atoms with Crippen LogP contribution in [0.3, 0.4) is 0 Å². The van der Waals surface area contributed by atoms with Gasteiger partial charge in [0.2, 0.25) is 0 Å². The molecule has 1 N–H and O–H groups in total. The van der Waals surface area contributed by atoms with Crippen LogP contribution in [-0.2, 0) is 0 Å². The number of amides is 1. The predicted octanol–water partition coefficient (Wildman–Crippen LogP) is 3.80. The van der Waals surface area contributed by atoms with E-state index in [1.54, 1.807) is 6.20 Å². The summed E-state index contributed by atoms with van der Waals surface area (Å²) in [4.78, 5) is 16.2. The van der Waals surface area contributed by atoms with E-state index >= 15 is 0 Å². The van der Waals surface area contributed by atoms with Crippen molar-refractivity contribution >= 4 is 5.91 Å². The molecule has 22 heavy (non-hydrogen) atoms. The van der Waals surface area contributed by atoms with Crippen molar-refractivity contribution in [3.05, 3.63) is 54.1 Å². The summed E-state index contributed by atoms with van der Waals surface area (Å²) in [6.07, 6.45) is 9.90. The molecule has 0 fully saturated rings. The van der Waals surface area contributed by atoms with Crippen molar-refractivity contribution in [2.75, 3.05) is 6.54 Å². The van der Waals surface area contributed by atoms with Gasteiger partial charge in [0, 0.05) is 24.5 Å². The van der Waals surface area contributed by atoms with E-state index < -0.39 is 0 Å². The molecule has 0 radical (unpaired) electrons. The summed E-state index contributed by atoms with van der Waals surface area (Å²) < 4.78 is 2.12. The van der Waals surface area contributed by atoms with Crippen molar-refractivity contribution in [3.63, 3.8) is 0 Å². The first-order chi connectivity index (χ1) is 10.8. The molecule has 0 aliphatic heterocycles. The highest BCUT2D eigenvalue weighted by Gasteiger charge is 2.13. The van der Waals surface area contributed by atoms with Gasteiger partial charge in [-0.25, -0.2) is 4.98 Å². The third kappa shape index (κ3) is 4.20. The van der Waals surface area contributed by atoms with E-state index in [0.717, 1.165) is 37.8 Å². The van der Waals surface area contributed by atoms with Crippen LogP contribution in [-0.4, -0.2) is 22.0 Å². The van der Waals surface area contributed by atoms with Crippen LogP contribution in [0.25, 0.3) is 0 Å². The van der Waals surface area contributed by atoms with Gasteiger partial charge in [0.05, 0.1) is 12.4 Å². The smallest absolute Gasteiger partial charge is 0.251 e. The van der Waals surface area contributed by atoms with E-state index in [9.17, 15) is 4.79 Å². The highest BCUT2D eigenvalue weighted by Crippen LogP contribution is 2.23. The Hall–Kier alpha value is -2.10. The van der Waals surface area contributed by atoms with Crippen LogP contribution in [0.1, 0.15) is 61.5 Å². The van der Waals surface area contributed by atoms with Crippen molar-refractivity contribution in [2.24, 2.45) is 0 Å². The summed E-state index contributed by atoms with van der Waals surface area (Å²) in [5.74, 6) is 0.00896. The molecule has 4 nitrogen and oxygen atoms in total. The topological polar surface area (TPSA) is 46.9 Å². The number of unbranched alkanes of at least 4 members (excludes halogenated alkanes) is 1. The normalized spacial score (nSPS) is 12.1. The Balaban J connectivity index is 2.08. The summed E-state index contributed by atoms with van der Waals surface area (Å²) in [6.45, 7) is 5.04. The predicted molar refractivity (Wildman–Crippen MR) is 89.0 cm³/mol.